The number of hydrogen-bond acceptors (Lipinski definition) is 8. The SMILES string of the molecule is CC(=O)Nc1ccn([C@@H]2O[C@H]([C@H]3CCCC(=O)O3)[C@@H](O[Si](C)(C)C(C)(C)C)[C@@H]2O[Si](C)(C)C(C)(C)C)c(=O)n1. The molecule has 1 aromatic rings. The first-order valence-electron chi connectivity index (χ1n) is 13.8. The van der Waals surface area contributed by atoms with Crippen LogP contribution in [0.2, 0.25) is 36.3 Å². The molecule has 12 heteroatoms. The van der Waals surface area contributed by atoms with E-state index in [1.165, 1.54) is 11.5 Å². The fourth-order valence-corrected chi connectivity index (χ4v) is 6.89. The zero-order chi connectivity index (χ0) is 29.6. The van der Waals surface area contributed by atoms with Crippen molar-refractivity contribution in [1.29, 1.82) is 0 Å². The van der Waals surface area contributed by atoms with Crippen LogP contribution in [0.5, 0.6) is 0 Å². The first-order valence-corrected chi connectivity index (χ1v) is 19.6. The summed E-state index contributed by atoms with van der Waals surface area (Å²) in [5.41, 5.74) is -0.581. The Hall–Kier alpha value is -1.87. The minimum absolute atomic E-state index is 0.0984. The number of aromatic nitrogens is 2. The van der Waals surface area contributed by atoms with Crippen molar-refractivity contribution in [2.75, 3.05) is 5.32 Å². The first-order chi connectivity index (χ1) is 17.7. The van der Waals surface area contributed by atoms with Gasteiger partial charge in [-0.1, -0.05) is 41.5 Å². The molecule has 0 spiro atoms. The lowest BCUT2D eigenvalue weighted by atomic mass is 9.99. The zero-order valence-corrected chi connectivity index (χ0v) is 27.4. The number of ether oxygens (including phenoxy) is 2. The van der Waals surface area contributed by atoms with Gasteiger partial charge in [0.2, 0.25) is 5.91 Å². The van der Waals surface area contributed by atoms with E-state index in [4.69, 9.17) is 18.3 Å². The lowest BCUT2D eigenvalue weighted by Crippen LogP contribution is -2.55. The molecule has 2 fully saturated rings. The molecule has 0 saturated carbocycles. The van der Waals surface area contributed by atoms with E-state index in [0.717, 1.165) is 0 Å². The smallest absolute Gasteiger partial charge is 0.351 e. The van der Waals surface area contributed by atoms with Gasteiger partial charge in [-0.2, -0.15) is 4.98 Å². The molecule has 5 atom stereocenters. The average molecular weight is 582 g/mol. The number of nitrogens with one attached hydrogen (secondary N) is 1. The van der Waals surface area contributed by atoms with Gasteiger partial charge in [0.25, 0.3) is 0 Å². The number of carbonyl (C=O) groups excluding carboxylic acids is 2. The third kappa shape index (κ3) is 7.08. The normalized spacial score (nSPS) is 26.8. The maximum atomic E-state index is 13.3. The molecule has 0 aliphatic carbocycles. The monoisotopic (exact) mass is 581 g/mol. The second-order valence-corrected chi connectivity index (χ2v) is 23.3. The Morgan fingerprint density at radius 2 is 1.59 bits per heavy atom. The van der Waals surface area contributed by atoms with Crippen LogP contribution in [0.1, 0.15) is 74.0 Å². The van der Waals surface area contributed by atoms with Crippen LogP contribution in [0.4, 0.5) is 5.82 Å². The largest absolute Gasteiger partial charge is 0.459 e. The van der Waals surface area contributed by atoms with Crippen LogP contribution in [0.15, 0.2) is 17.1 Å². The third-order valence-corrected chi connectivity index (χ3v) is 17.6. The molecule has 1 N–H and O–H groups in total. The summed E-state index contributed by atoms with van der Waals surface area (Å²) in [5.74, 6) is -0.418. The predicted molar refractivity (Wildman–Crippen MR) is 155 cm³/mol. The number of amides is 1. The second-order valence-electron chi connectivity index (χ2n) is 13.8. The van der Waals surface area contributed by atoms with Gasteiger partial charge in [-0.25, -0.2) is 4.79 Å². The van der Waals surface area contributed by atoms with Crippen LogP contribution in [0.3, 0.4) is 0 Å². The van der Waals surface area contributed by atoms with Gasteiger partial charge in [-0.15, -0.1) is 0 Å². The standard InChI is InChI=1S/C27H47N3O7Si2/c1-17(31)28-19-15-16-30(25(33)29-19)24-23(37-39(10,11)27(5,6)7)22(36-38(8,9)26(2,3)4)21(35-24)18-13-12-14-20(32)34-18/h15-16,18,21-24H,12-14H2,1-11H3,(H,28,29,31,33)/t18-,21-,22-,23+,24-/m1/s1. The Morgan fingerprint density at radius 1 is 1.03 bits per heavy atom. The molecule has 39 heavy (non-hydrogen) atoms. The number of nitrogens with zero attached hydrogens (tertiary/aromatic N) is 2. The van der Waals surface area contributed by atoms with Crippen molar-refractivity contribution >= 4 is 34.3 Å². The number of rotatable bonds is 7. The molecule has 220 valence electrons. The summed E-state index contributed by atoms with van der Waals surface area (Å²) in [6.45, 7) is 23.0. The fourth-order valence-electron chi connectivity index (χ4n) is 4.30. The first kappa shape index (κ1) is 31.7. The topological polar surface area (TPSA) is 118 Å². The highest BCUT2D eigenvalue weighted by molar-refractivity contribution is 6.74. The summed E-state index contributed by atoms with van der Waals surface area (Å²) >= 11 is 0. The molecular weight excluding hydrogens is 534 g/mol. The van der Waals surface area contributed by atoms with Crippen LogP contribution in [0.25, 0.3) is 0 Å². The summed E-state index contributed by atoms with van der Waals surface area (Å²) in [4.78, 5) is 41.2. The molecule has 10 nitrogen and oxygen atoms in total. The maximum Gasteiger partial charge on any atom is 0.351 e. The van der Waals surface area contributed by atoms with E-state index in [1.54, 1.807) is 12.3 Å². The van der Waals surface area contributed by atoms with E-state index in [2.05, 4.69) is 78.0 Å². The summed E-state index contributed by atoms with van der Waals surface area (Å²) in [6, 6.07) is 1.56. The van der Waals surface area contributed by atoms with Crippen molar-refractivity contribution in [3.63, 3.8) is 0 Å². The van der Waals surface area contributed by atoms with E-state index >= 15 is 0 Å². The number of anilines is 1. The molecule has 0 unspecified atom stereocenters. The van der Waals surface area contributed by atoms with Gasteiger partial charge in [0.05, 0.1) is 0 Å². The zero-order valence-electron chi connectivity index (χ0n) is 25.4. The molecular formula is C27H47N3O7Si2. The Labute approximate surface area is 234 Å². The van der Waals surface area contributed by atoms with E-state index in [0.29, 0.717) is 19.3 Å². The van der Waals surface area contributed by atoms with Gasteiger partial charge in [-0.3, -0.25) is 14.2 Å². The lowest BCUT2D eigenvalue weighted by Gasteiger charge is -2.44. The molecule has 0 radical (unpaired) electrons. The van der Waals surface area contributed by atoms with Crippen LogP contribution in [-0.2, 0) is 27.9 Å². The minimum atomic E-state index is -2.40. The second kappa shape index (κ2) is 11.2. The Kier molecular flexibility index (Phi) is 9.08. The van der Waals surface area contributed by atoms with E-state index in [9.17, 15) is 14.4 Å². The summed E-state index contributed by atoms with van der Waals surface area (Å²) < 4.78 is 27.9. The maximum absolute atomic E-state index is 13.3. The van der Waals surface area contributed by atoms with E-state index < -0.39 is 53.0 Å². The molecule has 1 aromatic heterocycles. The van der Waals surface area contributed by atoms with E-state index in [1.807, 2.05) is 0 Å². The van der Waals surface area contributed by atoms with Gasteiger partial charge >= 0.3 is 11.7 Å². The quantitative estimate of drug-likeness (QED) is 0.354. The van der Waals surface area contributed by atoms with Crippen molar-refractivity contribution in [3.8, 4) is 0 Å². The molecule has 1 amide bonds. The number of carbonyl (C=O) groups is 2. The molecule has 0 aromatic carbocycles. The van der Waals surface area contributed by atoms with Gasteiger partial charge < -0.3 is 23.6 Å². The molecule has 3 heterocycles. The molecule has 0 bridgehead atoms. The summed E-state index contributed by atoms with van der Waals surface area (Å²) in [5, 5.41) is 2.33. The van der Waals surface area contributed by atoms with Crippen LogP contribution in [-0.4, -0.2) is 62.5 Å². The lowest BCUT2D eigenvalue weighted by molar-refractivity contribution is -0.168. The van der Waals surface area contributed by atoms with Crippen molar-refractivity contribution in [2.45, 2.75) is 135 Å². The Bertz CT molecular complexity index is 1120. The van der Waals surface area contributed by atoms with Gasteiger partial charge in [0.1, 0.15) is 30.2 Å². The molecule has 2 saturated heterocycles. The Balaban J connectivity index is 2.14. The van der Waals surface area contributed by atoms with Gasteiger partial charge in [0, 0.05) is 19.5 Å². The van der Waals surface area contributed by atoms with Crippen LogP contribution >= 0.6 is 0 Å². The number of esters is 1. The highest BCUT2D eigenvalue weighted by Crippen LogP contribution is 2.46. The molecule has 3 rings (SSSR count). The van der Waals surface area contributed by atoms with E-state index in [-0.39, 0.29) is 27.8 Å². The third-order valence-electron chi connectivity index (χ3n) is 8.63. The fraction of sp³-hybridized carbons (Fsp3) is 0.778. The van der Waals surface area contributed by atoms with Crippen molar-refractivity contribution in [1.82, 2.24) is 9.55 Å². The average Bonchev–Trinajstić information content (AvgIpc) is 3.08. The minimum Gasteiger partial charge on any atom is -0.459 e. The highest BCUT2D eigenvalue weighted by atomic mass is 28.4. The van der Waals surface area contributed by atoms with Crippen molar-refractivity contribution in [3.05, 3.63) is 22.7 Å². The number of hydrogen-bond donors (Lipinski definition) is 1. The molecule has 2 aliphatic rings. The Morgan fingerprint density at radius 3 is 2.08 bits per heavy atom. The predicted octanol–water partition coefficient (Wildman–Crippen LogP) is 4.98. The van der Waals surface area contributed by atoms with Crippen LogP contribution < -0.4 is 11.0 Å². The van der Waals surface area contributed by atoms with Crippen LogP contribution in [0, 0.1) is 0 Å². The van der Waals surface area contributed by atoms with Gasteiger partial charge in [0.15, 0.2) is 22.9 Å². The summed E-state index contributed by atoms with van der Waals surface area (Å²) in [7, 11) is -4.76. The number of cyclic esters (lactones) is 1. The van der Waals surface area contributed by atoms with Crippen molar-refractivity contribution in [2.24, 2.45) is 0 Å². The highest BCUT2D eigenvalue weighted by Gasteiger charge is 2.57. The summed E-state index contributed by atoms with van der Waals surface area (Å²) in [6.07, 6.45) is 0.0719. The van der Waals surface area contributed by atoms with Crippen molar-refractivity contribution < 1.29 is 27.9 Å². The molecule has 2 aliphatic heterocycles. The van der Waals surface area contributed by atoms with Gasteiger partial charge in [-0.05, 0) is 55.2 Å².